The Bertz CT molecular complexity index is 561. The molecule has 0 saturated heterocycles. The van der Waals surface area contributed by atoms with Crippen LogP contribution in [0.15, 0.2) is 29.3 Å². The summed E-state index contributed by atoms with van der Waals surface area (Å²) in [6.07, 6.45) is -4.05. The van der Waals surface area contributed by atoms with Crippen molar-refractivity contribution < 1.29 is 27.4 Å². The fourth-order valence-corrected chi connectivity index (χ4v) is 2.07. The minimum Gasteiger partial charge on any atom is -0.466 e. The summed E-state index contributed by atoms with van der Waals surface area (Å²) in [6, 6.07) is 5.37. The van der Waals surface area contributed by atoms with Gasteiger partial charge in [-0.1, -0.05) is 12.6 Å². The predicted octanol–water partition coefficient (Wildman–Crippen LogP) is 3.90. The van der Waals surface area contributed by atoms with E-state index in [1.165, 1.54) is 7.11 Å². The number of hydrogen-bond donors (Lipinski definition) is 1. The minimum atomic E-state index is -4.85. The summed E-state index contributed by atoms with van der Waals surface area (Å²) in [5, 5.41) is 1.82. The molecule has 0 aliphatic rings. The SMILES string of the molecule is C=C(CCCNC(=O)C(F)(F)F)c1ccc(Br)c(OCOC)c1. The number of methoxy groups -OCH3 is 1. The van der Waals surface area contributed by atoms with E-state index < -0.39 is 12.1 Å². The molecule has 0 fully saturated rings. The zero-order valence-corrected chi connectivity index (χ0v) is 14.1. The van der Waals surface area contributed by atoms with Gasteiger partial charge in [-0.05, 0) is 52.0 Å². The molecule has 0 bridgehead atoms. The van der Waals surface area contributed by atoms with Gasteiger partial charge in [0.05, 0.1) is 4.47 Å². The summed E-state index contributed by atoms with van der Waals surface area (Å²) in [5.74, 6) is -1.35. The first kappa shape index (κ1) is 19.5. The van der Waals surface area contributed by atoms with Crippen molar-refractivity contribution in [1.82, 2.24) is 5.32 Å². The molecule has 1 N–H and O–H groups in total. The van der Waals surface area contributed by atoms with E-state index in [-0.39, 0.29) is 13.3 Å². The van der Waals surface area contributed by atoms with E-state index in [4.69, 9.17) is 9.47 Å². The lowest BCUT2D eigenvalue weighted by molar-refractivity contribution is -0.173. The molecule has 0 aromatic heterocycles. The normalized spacial score (nSPS) is 11.2. The Kier molecular flexibility index (Phi) is 7.57. The fourth-order valence-electron chi connectivity index (χ4n) is 1.70. The Hall–Kier alpha value is -1.54. The second kappa shape index (κ2) is 8.93. The minimum absolute atomic E-state index is 0.0685. The van der Waals surface area contributed by atoms with Crippen molar-refractivity contribution in [3.63, 3.8) is 0 Å². The lowest BCUT2D eigenvalue weighted by Gasteiger charge is -2.12. The number of carbonyl (C=O) groups is 1. The van der Waals surface area contributed by atoms with Gasteiger partial charge in [0.1, 0.15) is 5.75 Å². The number of allylic oxidation sites excluding steroid dienone is 1. The number of ether oxygens (including phenoxy) is 2. The van der Waals surface area contributed by atoms with E-state index in [9.17, 15) is 18.0 Å². The van der Waals surface area contributed by atoms with Gasteiger partial charge in [0, 0.05) is 13.7 Å². The van der Waals surface area contributed by atoms with Crippen LogP contribution in [0.2, 0.25) is 0 Å². The van der Waals surface area contributed by atoms with E-state index in [2.05, 4.69) is 22.5 Å². The molecule has 0 heterocycles. The molecule has 0 saturated carbocycles. The molecule has 0 atom stereocenters. The topological polar surface area (TPSA) is 47.6 Å². The summed E-state index contributed by atoms with van der Waals surface area (Å²) in [4.78, 5) is 10.7. The standard InChI is InChI=1S/C15H17BrF3NO3/c1-10(4-3-7-20-14(21)15(17,18)19)11-5-6-12(16)13(8-11)23-9-22-2/h5-6,8H,1,3-4,7,9H2,2H3,(H,20,21). The number of benzene rings is 1. The third-order valence-corrected chi connectivity index (χ3v) is 3.53. The second-order valence-corrected chi connectivity index (χ2v) is 5.51. The predicted molar refractivity (Wildman–Crippen MR) is 84.0 cm³/mol. The van der Waals surface area contributed by atoms with Crippen LogP contribution in [0.25, 0.3) is 5.57 Å². The molecule has 1 aromatic carbocycles. The van der Waals surface area contributed by atoms with Gasteiger partial charge in [0.2, 0.25) is 0 Å². The highest BCUT2D eigenvalue weighted by Crippen LogP contribution is 2.29. The van der Waals surface area contributed by atoms with Crippen LogP contribution in [0.3, 0.4) is 0 Å². The number of hydrogen-bond acceptors (Lipinski definition) is 3. The first-order valence-corrected chi connectivity index (χ1v) is 7.49. The van der Waals surface area contributed by atoms with Gasteiger partial charge in [-0.2, -0.15) is 13.2 Å². The second-order valence-electron chi connectivity index (χ2n) is 4.66. The number of alkyl halides is 3. The molecule has 0 aliphatic carbocycles. The highest BCUT2D eigenvalue weighted by molar-refractivity contribution is 9.10. The van der Waals surface area contributed by atoms with Gasteiger partial charge in [0.15, 0.2) is 6.79 Å². The van der Waals surface area contributed by atoms with Crippen LogP contribution < -0.4 is 10.1 Å². The maximum Gasteiger partial charge on any atom is 0.471 e. The monoisotopic (exact) mass is 395 g/mol. The maximum absolute atomic E-state index is 12.0. The van der Waals surface area contributed by atoms with E-state index in [0.29, 0.717) is 18.6 Å². The van der Waals surface area contributed by atoms with Crippen LogP contribution in [0.1, 0.15) is 18.4 Å². The van der Waals surface area contributed by atoms with E-state index >= 15 is 0 Å². The van der Waals surface area contributed by atoms with Crippen LogP contribution in [-0.4, -0.2) is 32.5 Å². The van der Waals surface area contributed by atoms with E-state index in [1.54, 1.807) is 12.1 Å². The molecule has 0 radical (unpaired) electrons. The molecule has 1 rings (SSSR count). The quantitative estimate of drug-likeness (QED) is 0.536. The third-order valence-electron chi connectivity index (χ3n) is 2.87. The summed E-state index contributed by atoms with van der Waals surface area (Å²) in [5.41, 5.74) is 1.54. The smallest absolute Gasteiger partial charge is 0.466 e. The van der Waals surface area contributed by atoms with Crippen molar-refractivity contribution in [1.29, 1.82) is 0 Å². The van der Waals surface area contributed by atoms with Crippen LogP contribution >= 0.6 is 15.9 Å². The van der Waals surface area contributed by atoms with Crippen molar-refractivity contribution in [2.24, 2.45) is 0 Å². The molecule has 0 unspecified atom stereocenters. The van der Waals surface area contributed by atoms with Gasteiger partial charge < -0.3 is 14.8 Å². The van der Waals surface area contributed by atoms with E-state index in [1.807, 2.05) is 11.4 Å². The molecular formula is C15H17BrF3NO3. The molecule has 1 amide bonds. The summed E-state index contributed by atoms with van der Waals surface area (Å²) in [7, 11) is 1.51. The summed E-state index contributed by atoms with van der Waals surface area (Å²) in [6.45, 7) is 3.93. The van der Waals surface area contributed by atoms with Gasteiger partial charge in [-0.15, -0.1) is 0 Å². The van der Waals surface area contributed by atoms with E-state index in [0.717, 1.165) is 15.6 Å². The number of rotatable bonds is 8. The van der Waals surface area contributed by atoms with Crippen LogP contribution in [0.5, 0.6) is 5.75 Å². The van der Waals surface area contributed by atoms with Gasteiger partial charge >= 0.3 is 12.1 Å². The van der Waals surface area contributed by atoms with Crippen molar-refractivity contribution in [2.45, 2.75) is 19.0 Å². The molecule has 23 heavy (non-hydrogen) atoms. The maximum atomic E-state index is 12.0. The van der Waals surface area contributed by atoms with Gasteiger partial charge in [-0.3, -0.25) is 4.79 Å². The largest absolute Gasteiger partial charge is 0.471 e. The van der Waals surface area contributed by atoms with Gasteiger partial charge in [0.25, 0.3) is 0 Å². The number of halogens is 4. The van der Waals surface area contributed by atoms with Crippen molar-refractivity contribution in [2.75, 3.05) is 20.4 Å². The Labute approximate surface area is 140 Å². The highest BCUT2D eigenvalue weighted by Gasteiger charge is 2.38. The Morgan fingerprint density at radius 2 is 2.09 bits per heavy atom. The lowest BCUT2D eigenvalue weighted by atomic mass is 10.0. The third kappa shape index (κ3) is 6.62. The Morgan fingerprint density at radius 1 is 1.39 bits per heavy atom. The van der Waals surface area contributed by atoms with Crippen molar-refractivity contribution in [3.05, 3.63) is 34.8 Å². The zero-order chi connectivity index (χ0) is 17.5. The number of amides is 1. The number of carbonyl (C=O) groups excluding carboxylic acids is 1. The number of nitrogens with one attached hydrogen (secondary N) is 1. The summed E-state index contributed by atoms with van der Waals surface area (Å²) >= 11 is 3.34. The molecule has 0 aliphatic heterocycles. The van der Waals surface area contributed by atoms with Crippen LogP contribution in [0.4, 0.5) is 13.2 Å². The molecule has 4 nitrogen and oxygen atoms in total. The average Bonchev–Trinajstić information content (AvgIpc) is 2.49. The van der Waals surface area contributed by atoms with Crippen LogP contribution in [0, 0.1) is 0 Å². The summed E-state index contributed by atoms with van der Waals surface area (Å²) < 4.78 is 47.0. The Balaban J connectivity index is 2.50. The fraction of sp³-hybridized carbons (Fsp3) is 0.400. The highest BCUT2D eigenvalue weighted by atomic mass is 79.9. The van der Waals surface area contributed by atoms with Crippen molar-refractivity contribution in [3.8, 4) is 5.75 Å². The molecule has 128 valence electrons. The van der Waals surface area contributed by atoms with Gasteiger partial charge in [-0.25, -0.2) is 0 Å². The first-order valence-electron chi connectivity index (χ1n) is 6.70. The molecule has 0 spiro atoms. The molecular weight excluding hydrogens is 379 g/mol. The molecule has 8 heteroatoms. The Morgan fingerprint density at radius 3 is 2.70 bits per heavy atom. The average molecular weight is 396 g/mol. The molecule has 1 aromatic rings. The lowest BCUT2D eigenvalue weighted by Crippen LogP contribution is -2.37. The van der Waals surface area contributed by atoms with Crippen molar-refractivity contribution >= 4 is 27.4 Å². The first-order chi connectivity index (χ1) is 10.8. The van der Waals surface area contributed by atoms with Crippen LogP contribution in [-0.2, 0) is 9.53 Å². The zero-order valence-electron chi connectivity index (χ0n) is 12.5.